The second-order valence-corrected chi connectivity index (χ2v) is 12.3. The number of carbonyl (C=O) groups excluding carboxylic acids is 2. The first-order chi connectivity index (χ1) is 19.0. The van der Waals surface area contributed by atoms with E-state index >= 15 is 0 Å². The summed E-state index contributed by atoms with van der Waals surface area (Å²) in [4.78, 5) is 26.3. The molecule has 2 aliphatic rings. The van der Waals surface area contributed by atoms with Crippen molar-refractivity contribution in [1.82, 2.24) is 4.57 Å². The van der Waals surface area contributed by atoms with Gasteiger partial charge in [-0.3, -0.25) is 4.79 Å². The van der Waals surface area contributed by atoms with E-state index in [1.54, 1.807) is 14.0 Å². The molecule has 40 heavy (non-hydrogen) atoms. The number of esters is 1. The van der Waals surface area contributed by atoms with Crippen LogP contribution >= 0.6 is 0 Å². The molecule has 216 valence electrons. The number of hydrogen-bond acceptors (Lipinski definition) is 4. The molecule has 2 heterocycles. The second-order valence-electron chi connectivity index (χ2n) is 12.3. The highest BCUT2D eigenvalue weighted by Crippen LogP contribution is 2.65. The Labute approximate surface area is 240 Å². The van der Waals surface area contributed by atoms with Crippen LogP contribution in [-0.2, 0) is 16.1 Å². The van der Waals surface area contributed by atoms with Gasteiger partial charge in [0, 0.05) is 23.0 Å². The van der Waals surface area contributed by atoms with Gasteiger partial charge in [-0.15, -0.1) is 0 Å². The number of aromatic nitrogens is 1. The summed E-state index contributed by atoms with van der Waals surface area (Å²) in [5.41, 5.74) is 5.53. The van der Waals surface area contributed by atoms with Gasteiger partial charge in [0.15, 0.2) is 0 Å². The van der Waals surface area contributed by atoms with E-state index in [2.05, 4.69) is 36.6 Å². The summed E-state index contributed by atoms with van der Waals surface area (Å²) < 4.78 is 13.7. The molecule has 0 spiro atoms. The van der Waals surface area contributed by atoms with Gasteiger partial charge in [-0.1, -0.05) is 46.6 Å². The first-order valence-corrected chi connectivity index (χ1v) is 15.1. The highest BCUT2D eigenvalue weighted by Gasteiger charge is 2.61. The fraction of sp³-hybridized carbons (Fsp3) is 0.543. The maximum absolute atomic E-state index is 13.2. The Morgan fingerprint density at radius 2 is 1.73 bits per heavy atom. The molecule has 1 fully saturated rings. The molecule has 5 heteroatoms. The van der Waals surface area contributed by atoms with E-state index in [0.717, 1.165) is 43.4 Å². The third kappa shape index (κ3) is 5.20. The van der Waals surface area contributed by atoms with Crippen molar-refractivity contribution in [2.75, 3.05) is 7.11 Å². The van der Waals surface area contributed by atoms with Gasteiger partial charge in [0.2, 0.25) is 0 Å². The fourth-order valence-corrected chi connectivity index (χ4v) is 6.68. The number of carbonyl (C=O) groups is 2. The minimum absolute atomic E-state index is 0.178. The summed E-state index contributed by atoms with van der Waals surface area (Å²) in [5, 5.41) is 1.18. The zero-order chi connectivity index (χ0) is 29.4. The molecule has 1 aliphatic carbocycles. The third-order valence-electron chi connectivity index (χ3n) is 8.53. The molecular formula is C35H47NO4. The van der Waals surface area contributed by atoms with Crippen LogP contribution in [0, 0.1) is 5.41 Å². The molecule has 5 rings (SSSR count). The summed E-state index contributed by atoms with van der Waals surface area (Å²) >= 11 is 0. The molecule has 0 amide bonds. The fourth-order valence-electron chi connectivity index (χ4n) is 6.68. The summed E-state index contributed by atoms with van der Waals surface area (Å²) in [6.45, 7) is 16.5. The van der Waals surface area contributed by atoms with Crippen LogP contribution in [0.4, 0.5) is 0 Å². The monoisotopic (exact) mass is 545 g/mol. The molecule has 2 atom stereocenters. The molecule has 1 aromatic heterocycles. The lowest BCUT2D eigenvalue weighted by atomic mass is 9.85. The van der Waals surface area contributed by atoms with Crippen molar-refractivity contribution in [3.8, 4) is 17.0 Å². The SMILES string of the molecule is CC.CCCC(CCC)c1c2n(c3cc(C(=O)OC(C)(C)C)ccc13)CC1(C(C)=O)CC1c1cc(OC)ccc1-2. The Morgan fingerprint density at radius 3 is 2.30 bits per heavy atom. The molecule has 0 N–H and O–H groups in total. The lowest BCUT2D eigenvalue weighted by molar-refractivity contribution is -0.122. The van der Waals surface area contributed by atoms with Crippen molar-refractivity contribution < 1.29 is 19.1 Å². The van der Waals surface area contributed by atoms with Crippen molar-refractivity contribution in [3.05, 3.63) is 53.1 Å². The van der Waals surface area contributed by atoms with Crippen LogP contribution < -0.4 is 4.74 Å². The molecule has 5 nitrogen and oxygen atoms in total. The van der Waals surface area contributed by atoms with Crippen molar-refractivity contribution in [1.29, 1.82) is 0 Å². The van der Waals surface area contributed by atoms with Gasteiger partial charge in [-0.05, 0) is 100 Å². The highest BCUT2D eigenvalue weighted by atomic mass is 16.6. The zero-order valence-electron chi connectivity index (χ0n) is 25.9. The summed E-state index contributed by atoms with van der Waals surface area (Å²) in [5.74, 6) is 1.31. The minimum Gasteiger partial charge on any atom is -0.497 e. The van der Waals surface area contributed by atoms with Gasteiger partial charge in [0.05, 0.1) is 23.8 Å². The summed E-state index contributed by atoms with van der Waals surface area (Å²) in [6, 6.07) is 12.4. The lowest BCUT2D eigenvalue weighted by Gasteiger charge is -2.20. The van der Waals surface area contributed by atoms with Crippen LogP contribution in [0.3, 0.4) is 0 Å². The number of ether oxygens (including phenoxy) is 2. The Hall–Kier alpha value is -3.08. The molecule has 0 bridgehead atoms. The maximum Gasteiger partial charge on any atom is 0.338 e. The van der Waals surface area contributed by atoms with E-state index < -0.39 is 11.0 Å². The van der Waals surface area contributed by atoms with Crippen molar-refractivity contribution in [2.45, 2.75) is 111 Å². The number of ketones is 1. The lowest BCUT2D eigenvalue weighted by Crippen LogP contribution is -2.24. The number of rotatable bonds is 8. The van der Waals surface area contributed by atoms with Crippen LogP contribution in [0.25, 0.3) is 22.2 Å². The van der Waals surface area contributed by atoms with Crippen LogP contribution in [0.5, 0.6) is 5.75 Å². The van der Waals surface area contributed by atoms with E-state index in [1.165, 1.54) is 27.8 Å². The highest BCUT2D eigenvalue weighted by molar-refractivity contribution is 6.00. The predicted molar refractivity (Wildman–Crippen MR) is 163 cm³/mol. The van der Waals surface area contributed by atoms with Gasteiger partial charge in [-0.2, -0.15) is 0 Å². The normalized spacial score (nSPS) is 19.1. The largest absolute Gasteiger partial charge is 0.497 e. The van der Waals surface area contributed by atoms with E-state index in [9.17, 15) is 9.59 Å². The van der Waals surface area contributed by atoms with Crippen LogP contribution in [0.1, 0.15) is 121 Å². The van der Waals surface area contributed by atoms with Crippen LogP contribution in [-0.4, -0.2) is 29.0 Å². The Bertz CT molecular complexity index is 1400. The molecule has 1 saturated carbocycles. The Kier molecular flexibility index (Phi) is 8.54. The maximum atomic E-state index is 13.2. The van der Waals surface area contributed by atoms with Gasteiger partial charge in [-0.25, -0.2) is 4.79 Å². The van der Waals surface area contributed by atoms with Crippen molar-refractivity contribution >= 4 is 22.7 Å². The van der Waals surface area contributed by atoms with E-state index in [0.29, 0.717) is 18.0 Å². The molecule has 2 unspecified atom stereocenters. The van der Waals surface area contributed by atoms with Crippen molar-refractivity contribution in [2.24, 2.45) is 5.41 Å². The van der Waals surface area contributed by atoms with Crippen LogP contribution in [0.15, 0.2) is 36.4 Å². The third-order valence-corrected chi connectivity index (χ3v) is 8.53. The van der Waals surface area contributed by atoms with Gasteiger partial charge in [0.1, 0.15) is 17.1 Å². The molecule has 3 aromatic rings. The second kappa shape index (κ2) is 11.4. The number of fused-ring (bicyclic) bond motifs is 7. The average Bonchev–Trinajstić information content (AvgIpc) is 3.59. The van der Waals surface area contributed by atoms with Gasteiger partial charge < -0.3 is 14.0 Å². The Morgan fingerprint density at radius 1 is 1.05 bits per heavy atom. The first-order valence-electron chi connectivity index (χ1n) is 15.1. The number of nitrogens with zero attached hydrogens (tertiary/aromatic N) is 1. The van der Waals surface area contributed by atoms with Crippen molar-refractivity contribution in [3.63, 3.8) is 0 Å². The molecular weight excluding hydrogens is 498 g/mol. The first kappa shape index (κ1) is 29.9. The quantitative estimate of drug-likeness (QED) is 0.265. The van der Waals surface area contributed by atoms with E-state index in [-0.39, 0.29) is 17.7 Å². The predicted octanol–water partition coefficient (Wildman–Crippen LogP) is 9.06. The molecule has 0 saturated heterocycles. The minimum atomic E-state index is -0.571. The number of hydrogen-bond donors (Lipinski definition) is 0. The van der Waals surface area contributed by atoms with E-state index in [1.807, 2.05) is 52.8 Å². The smallest absolute Gasteiger partial charge is 0.338 e. The summed E-state index contributed by atoms with van der Waals surface area (Å²) in [6.07, 6.45) is 5.24. The van der Waals surface area contributed by atoms with Gasteiger partial charge in [0.25, 0.3) is 0 Å². The Balaban J connectivity index is 0.00000181. The topological polar surface area (TPSA) is 57.5 Å². The van der Waals surface area contributed by atoms with E-state index in [4.69, 9.17) is 9.47 Å². The molecule has 1 aliphatic heterocycles. The molecule has 2 aromatic carbocycles. The number of benzene rings is 2. The summed E-state index contributed by atoms with van der Waals surface area (Å²) in [7, 11) is 1.70. The molecule has 0 radical (unpaired) electrons. The number of Topliss-reactive ketones (excluding diaryl/α,β-unsaturated/α-hetero) is 1. The zero-order valence-corrected chi connectivity index (χ0v) is 25.9. The van der Waals surface area contributed by atoms with Crippen LogP contribution in [0.2, 0.25) is 0 Å². The standard InChI is InChI=1S/C33H41NO4.C2H6/c1-8-10-21(11-9-2)29-25-14-12-22(31(36)38-32(4,5)6)16-28(25)34-19-33(20(3)35)18-27(33)26-17-23(37-7)13-15-24(26)30(29)34;1-2/h12-17,21,27H,8-11,18-19H2,1-7H3;1-2H3. The van der Waals surface area contributed by atoms with Gasteiger partial charge >= 0.3 is 5.97 Å². The average molecular weight is 546 g/mol. The number of methoxy groups -OCH3 is 1.